The summed E-state index contributed by atoms with van der Waals surface area (Å²) in [5.74, 6) is 0.00904. The second kappa shape index (κ2) is 6.53. The number of carbonyl (C=O) groups is 1. The molecule has 1 aromatic carbocycles. The zero-order valence-corrected chi connectivity index (χ0v) is 14.5. The third-order valence-corrected chi connectivity index (χ3v) is 4.26. The Bertz CT molecular complexity index is 686. The number of halogens is 1. The second-order valence-electron chi connectivity index (χ2n) is 5.63. The van der Waals surface area contributed by atoms with Crippen LogP contribution in [0.3, 0.4) is 0 Å². The highest BCUT2D eigenvalue weighted by molar-refractivity contribution is 6.31. The van der Waals surface area contributed by atoms with Gasteiger partial charge in [-0.1, -0.05) is 17.7 Å². The van der Waals surface area contributed by atoms with Crippen molar-refractivity contribution in [2.75, 3.05) is 11.4 Å². The molecule has 0 bridgehead atoms. The Hall–Kier alpha value is -1.81. The van der Waals surface area contributed by atoms with Gasteiger partial charge in [0.1, 0.15) is 6.54 Å². The molecule has 0 radical (unpaired) electrons. The molecule has 0 aliphatic heterocycles. The fourth-order valence-corrected chi connectivity index (χ4v) is 2.79. The zero-order chi connectivity index (χ0) is 16.4. The molecule has 4 nitrogen and oxygen atoms in total. The molecule has 2 rings (SSSR count). The number of amides is 1. The molecule has 0 N–H and O–H groups in total. The van der Waals surface area contributed by atoms with Gasteiger partial charge in [-0.2, -0.15) is 5.10 Å². The van der Waals surface area contributed by atoms with E-state index >= 15 is 0 Å². The van der Waals surface area contributed by atoms with Gasteiger partial charge in [0.25, 0.3) is 0 Å². The van der Waals surface area contributed by atoms with Gasteiger partial charge in [0, 0.05) is 12.2 Å². The van der Waals surface area contributed by atoms with E-state index in [9.17, 15) is 4.79 Å². The molecule has 0 fully saturated rings. The highest BCUT2D eigenvalue weighted by atomic mass is 35.5. The molecule has 0 saturated carbocycles. The first-order valence-electron chi connectivity index (χ1n) is 7.41. The van der Waals surface area contributed by atoms with Crippen LogP contribution in [0.25, 0.3) is 0 Å². The summed E-state index contributed by atoms with van der Waals surface area (Å²) in [7, 11) is 0. The standard InChI is InChI=1S/C17H22ClN3O/c1-6-20(15-8-11(2)7-12(3)9-15)16(22)10-21-14(5)17(18)13(4)19-21/h7-9H,6,10H2,1-5H3. The summed E-state index contributed by atoms with van der Waals surface area (Å²) in [5.41, 5.74) is 4.80. The Morgan fingerprint density at radius 3 is 2.23 bits per heavy atom. The normalized spacial score (nSPS) is 10.8. The quantitative estimate of drug-likeness (QED) is 0.859. The number of hydrogen-bond donors (Lipinski definition) is 0. The first kappa shape index (κ1) is 16.6. The average Bonchev–Trinajstić information content (AvgIpc) is 2.66. The van der Waals surface area contributed by atoms with Gasteiger partial charge in [-0.15, -0.1) is 0 Å². The molecule has 1 heterocycles. The predicted octanol–water partition coefficient (Wildman–Crippen LogP) is 3.82. The van der Waals surface area contributed by atoms with Crippen LogP contribution in [0, 0.1) is 27.7 Å². The van der Waals surface area contributed by atoms with E-state index in [1.54, 1.807) is 9.58 Å². The number of aromatic nitrogens is 2. The summed E-state index contributed by atoms with van der Waals surface area (Å²) >= 11 is 6.15. The molecule has 0 atom stereocenters. The SMILES string of the molecule is CCN(C(=O)Cn1nc(C)c(Cl)c1C)c1cc(C)cc(C)c1. The van der Waals surface area contributed by atoms with Gasteiger partial charge in [-0.3, -0.25) is 9.48 Å². The minimum absolute atomic E-state index is 0.00904. The van der Waals surface area contributed by atoms with Crippen molar-refractivity contribution in [2.24, 2.45) is 0 Å². The predicted molar refractivity (Wildman–Crippen MR) is 90.7 cm³/mol. The summed E-state index contributed by atoms with van der Waals surface area (Å²) in [6.45, 7) is 10.6. The van der Waals surface area contributed by atoms with Gasteiger partial charge in [-0.05, 0) is 57.9 Å². The Morgan fingerprint density at radius 1 is 1.18 bits per heavy atom. The maximum atomic E-state index is 12.7. The molecule has 0 spiro atoms. The molecule has 118 valence electrons. The van der Waals surface area contributed by atoms with Crippen molar-refractivity contribution in [3.8, 4) is 0 Å². The largest absolute Gasteiger partial charge is 0.311 e. The van der Waals surface area contributed by atoms with E-state index in [2.05, 4.69) is 11.2 Å². The molecule has 5 heteroatoms. The number of aryl methyl sites for hydroxylation is 3. The van der Waals surface area contributed by atoms with Crippen LogP contribution in [-0.2, 0) is 11.3 Å². The van der Waals surface area contributed by atoms with Crippen molar-refractivity contribution in [1.82, 2.24) is 9.78 Å². The number of anilines is 1. The molecule has 0 unspecified atom stereocenters. The fourth-order valence-electron chi connectivity index (χ4n) is 2.65. The number of carbonyl (C=O) groups excluding carboxylic acids is 1. The minimum Gasteiger partial charge on any atom is -0.311 e. The summed E-state index contributed by atoms with van der Waals surface area (Å²) in [6, 6.07) is 6.16. The minimum atomic E-state index is 0.00904. The molecule has 0 saturated heterocycles. The second-order valence-corrected chi connectivity index (χ2v) is 6.00. The number of rotatable bonds is 4. The van der Waals surface area contributed by atoms with E-state index in [0.717, 1.165) is 28.2 Å². The van der Waals surface area contributed by atoms with Crippen LogP contribution in [0.15, 0.2) is 18.2 Å². The van der Waals surface area contributed by atoms with E-state index in [4.69, 9.17) is 11.6 Å². The van der Waals surface area contributed by atoms with Crippen LogP contribution in [0.4, 0.5) is 5.69 Å². The van der Waals surface area contributed by atoms with E-state index < -0.39 is 0 Å². The number of hydrogen-bond acceptors (Lipinski definition) is 2. The molecule has 2 aromatic rings. The maximum absolute atomic E-state index is 12.7. The van der Waals surface area contributed by atoms with Crippen molar-refractivity contribution >= 4 is 23.2 Å². The van der Waals surface area contributed by atoms with Gasteiger partial charge in [0.2, 0.25) is 5.91 Å². The van der Waals surface area contributed by atoms with Crippen LogP contribution in [0.2, 0.25) is 5.02 Å². The van der Waals surface area contributed by atoms with Gasteiger partial charge in [0.15, 0.2) is 0 Å². The lowest BCUT2D eigenvalue weighted by Gasteiger charge is -2.22. The van der Waals surface area contributed by atoms with Crippen LogP contribution in [0.5, 0.6) is 0 Å². The maximum Gasteiger partial charge on any atom is 0.248 e. The lowest BCUT2D eigenvalue weighted by Crippen LogP contribution is -2.34. The van der Waals surface area contributed by atoms with Crippen molar-refractivity contribution < 1.29 is 4.79 Å². The summed E-state index contributed by atoms with van der Waals surface area (Å²) in [6.07, 6.45) is 0. The summed E-state index contributed by atoms with van der Waals surface area (Å²) < 4.78 is 1.67. The number of likely N-dealkylation sites (N-methyl/N-ethyl adjacent to an activating group) is 1. The van der Waals surface area contributed by atoms with E-state index in [1.165, 1.54) is 0 Å². The monoisotopic (exact) mass is 319 g/mol. The summed E-state index contributed by atoms with van der Waals surface area (Å²) in [4.78, 5) is 14.4. The number of benzene rings is 1. The van der Waals surface area contributed by atoms with Crippen molar-refractivity contribution in [3.05, 3.63) is 45.7 Å². The van der Waals surface area contributed by atoms with Gasteiger partial charge < -0.3 is 4.90 Å². The van der Waals surface area contributed by atoms with Crippen molar-refractivity contribution in [1.29, 1.82) is 0 Å². The Balaban J connectivity index is 2.27. The zero-order valence-electron chi connectivity index (χ0n) is 13.8. The number of nitrogens with zero attached hydrogens (tertiary/aromatic N) is 3. The lowest BCUT2D eigenvalue weighted by molar-refractivity contribution is -0.119. The van der Waals surface area contributed by atoms with E-state index in [1.807, 2.05) is 46.8 Å². The molecule has 1 amide bonds. The third-order valence-electron chi connectivity index (χ3n) is 3.71. The van der Waals surface area contributed by atoms with Crippen LogP contribution in [-0.4, -0.2) is 22.2 Å². The fraction of sp³-hybridized carbons (Fsp3) is 0.412. The van der Waals surface area contributed by atoms with Gasteiger partial charge >= 0.3 is 0 Å². The van der Waals surface area contributed by atoms with Crippen LogP contribution < -0.4 is 4.90 Å². The van der Waals surface area contributed by atoms with Gasteiger partial charge in [-0.25, -0.2) is 0 Å². The molecule has 0 aliphatic carbocycles. The van der Waals surface area contributed by atoms with E-state index in [0.29, 0.717) is 11.6 Å². The third kappa shape index (κ3) is 3.33. The first-order chi connectivity index (χ1) is 10.3. The van der Waals surface area contributed by atoms with Crippen LogP contribution >= 0.6 is 11.6 Å². The van der Waals surface area contributed by atoms with Crippen LogP contribution in [0.1, 0.15) is 29.4 Å². The molecular weight excluding hydrogens is 298 g/mol. The van der Waals surface area contributed by atoms with E-state index in [-0.39, 0.29) is 12.5 Å². The highest BCUT2D eigenvalue weighted by Gasteiger charge is 2.18. The molecule has 22 heavy (non-hydrogen) atoms. The smallest absolute Gasteiger partial charge is 0.248 e. The topological polar surface area (TPSA) is 38.1 Å². The Kier molecular flexibility index (Phi) is 4.91. The highest BCUT2D eigenvalue weighted by Crippen LogP contribution is 2.21. The molecule has 0 aliphatic rings. The van der Waals surface area contributed by atoms with Crippen molar-refractivity contribution in [3.63, 3.8) is 0 Å². The molecule has 1 aromatic heterocycles. The van der Waals surface area contributed by atoms with Gasteiger partial charge in [0.05, 0.1) is 16.4 Å². The summed E-state index contributed by atoms with van der Waals surface area (Å²) in [5, 5.41) is 4.96. The average molecular weight is 320 g/mol. The van der Waals surface area contributed by atoms with Crippen molar-refractivity contribution in [2.45, 2.75) is 41.2 Å². The molecular formula is C17H22ClN3O. The lowest BCUT2D eigenvalue weighted by atomic mass is 10.1. The first-order valence-corrected chi connectivity index (χ1v) is 7.79. The Morgan fingerprint density at radius 2 is 1.77 bits per heavy atom. The Labute approximate surface area is 136 Å².